The van der Waals surface area contributed by atoms with E-state index in [2.05, 4.69) is 16.0 Å². The van der Waals surface area contributed by atoms with Gasteiger partial charge in [-0.05, 0) is 36.8 Å². The number of nitrogens with zero attached hydrogens (tertiary/aromatic N) is 3. The summed E-state index contributed by atoms with van der Waals surface area (Å²) in [5.41, 5.74) is 2.45. The minimum absolute atomic E-state index is 0.432. The zero-order valence-electron chi connectivity index (χ0n) is 9.76. The zero-order valence-corrected chi connectivity index (χ0v) is 10.5. The first-order chi connectivity index (χ1) is 8.67. The van der Waals surface area contributed by atoms with Crippen LogP contribution in [0.2, 0.25) is 5.15 Å². The van der Waals surface area contributed by atoms with E-state index in [0.29, 0.717) is 16.5 Å². The minimum atomic E-state index is 0.432. The lowest BCUT2D eigenvalue weighted by atomic mass is 10.1. The summed E-state index contributed by atoms with van der Waals surface area (Å²) in [6.45, 7) is 1.87. The van der Waals surface area contributed by atoms with E-state index < -0.39 is 0 Å². The minimum Gasteiger partial charge on any atom is -0.234 e. The molecule has 88 valence electrons. The molecule has 1 aromatic carbocycles. The van der Waals surface area contributed by atoms with Gasteiger partial charge in [-0.1, -0.05) is 29.8 Å². The number of hydrogen-bond donors (Lipinski definition) is 0. The fourth-order valence-electron chi connectivity index (χ4n) is 1.47. The van der Waals surface area contributed by atoms with E-state index in [1.807, 2.05) is 25.1 Å². The maximum absolute atomic E-state index is 8.69. The standard InChI is InChI=1S/C14H10ClN3/c1-10-8-13(15)18-14(17-10)7-6-11-2-4-12(9-16)5-3-11/h2-8H,1H3. The maximum atomic E-state index is 8.69. The summed E-state index contributed by atoms with van der Waals surface area (Å²) in [5, 5.41) is 9.13. The summed E-state index contributed by atoms with van der Waals surface area (Å²) in [7, 11) is 0. The van der Waals surface area contributed by atoms with Crippen LogP contribution in [0.15, 0.2) is 30.3 Å². The van der Waals surface area contributed by atoms with Crippen LogP contribution in [0.25, 0.3) is 12.2 Å². The molecule has 0 radical (unpaired) electrons. The lowest BCUT2D eigenvalue weighted by Gasteiger charge is -1.97. The van der Waals surface area contributed by atoms with Gasteiger partial charge in [0.1, 0.15) is 5.15 Å². The second-order valence-corrected chi connectivity index (χ2v) is 4.14. The molecule has 2 rings (SSSR count). The molecular weight excluding hydrogens is 246 g/mol. The molecular formula is C14H10ClN3. The average molecular weight is 256 g/mol. The predicted octanol–water partition coefficient (Wildman–Crippen LogP) is 3.48. The molecule has 1 aromatic heterocycles. The van der Waals surface area contributed by atoms with Gasteiger partial charge in [-0.25, -0.2) is 9.97 Å². The highest BCUT2D eigenvalue weighted by molar-refractivity contribution is 6.29. The third kappa shape index (κ3) is 3.16. The molecule has 0 unspecified atom stereocenters. The SMILES string of the molecule is Cc1cc(Cl)nc(C=Cc2ccc(C#N)cc2)n1. The van der Waals surface area contributed by atoms with Crippen LogP contribution >= 0.6 is 11.6 Å². The lowest BCUT2D eigenvalue weighted by molar-refractivity contribution is 1.08. The maximum Gasteiger partial charge on any atom is 0.153 e. The summed E-state index contributed by atoms with van der Waals surface area (Å²) in [6.07, 6.45) is 3.67. The van der Waals surface area contributed by atoms with Gasteiger partial charge in [0.2, 0.25) is 0 Å². The Hall–Kier alpha value is -2.18. The van der Waals surface area contributed by atoms with Gasteiger partial charge in [0.15, 0.2) is 5.82 Å². The largest absolute Gasteiger partial charge is 0.234 e. The van der Waals surface area contributed by atoms with Crippen LogP contribution in [0.4, 0.5) is 0 Å². The molecule has 4 heteroatoms. The van der Waals surface area contributed by atoms with Crippen molar-refractivity contribution in [3.8, 4) is 6.07 Å². The monoisotopic (exact) mass is 255 g/mol. The van der Waals surface area contributed by atoms with Crippen molar-refractivity contribution in [3.05, 3.63) is 58.1 Å². The van der Waals surface area contributed by atoms with Crippen LogP contribution in [-0.4, -0.2) is 9.97 Å². The Labute approximate surface area is 110 Å². The first-order valence-corrected chi connectivity index (χ1v) is 5.74. The van der Waals surface area contributed by atoms with Crippen molar-refractivity contribution in [2.75, 3.05) is 0 Å². The second-order valence-electron chi connectivity index (χ2n) is 3.76. The topological polar surface area (TPSA) is 49.6 Å². The summed E-state index contributed by atoms with van der Waals surface area (Å²) >= 11 is 5.85. The molecule has 0 bridgehead atoms. The molecule has 0 atom stereocenters. The Bertz CT molecular complexity index is 604. The molecule has 0 fully saturated rings. The number of benzene rings is 1. The predicted molar refractivity (Wildman–Crippen MR) is 71.9 cm³/mol. The number of rotatable bonds is 2. The highest BCUT2D eigenvalue weighted by atomic mass is 35.5. The molecule has 0 saturated carbocycles. The van der Waals surface area contributed by atoms with E-state index in [-0.39, 0.29) is 0 Å². The molecule has 0 aliphatic heterocycles. The summed E-state index contributed by atoms with van der Waals surface area (Å²) < 4.78 is 0. The van der Waals surface area contributed by atoms with Gasteiger partial charge in [-0.2, -0.15) is 5.26 Å². The van der Waals surface area contributed by atoms with Crippen molar-refractivity contribution in [3.63, 3.8) is 0 Å². The number of nitriles is 1. The van der Waals surface area contributed by atoms with Crippen molar-refractivity contribution in [1.29, 1.82) is 5.26 Å². The lowest BCUT2D eigenvalue weighted by Crippen LogP contribution is -1.90. The smallest absolute Gasteiger partial charge is 0.153 e. The second kappa shape index (κ2) is 5.44. The van der Waals surface area contributed by atoms with E-state index in [0.717, 1.165) is 11.3 Å². The number of hydrogen-bond acceptors (Lipinski definition) is 3. The molecule has 18 heavy (non-hydrogen) atoms. The van der Waals surface area contributed by atoms with Crippen LogP contribution in [0, 0.1) is 18.3 Å². The molecule has 0 spiro atoms. The van der Waals surface area contributed by atoms with E-state index in [4.69, 9.17) is 16.9 Å². The third-order valence-corrected chi connectivity index (χ3v) is 2.50. The van der Waals surface area contributed by atoms with Crippen LogP contribution in [0.5, 0.6) is 0 Å². The van der Waals surface area contributed by atoms with Gasteiger partial charge in [0.25, 0.3) is 0 Å². The van der Waals surface area contributed by atoms with Crippen LogP contribution in [0.3, 0.4) is 0 Å². The van der Waals surface area contributed by atoms with Crippen molar-refractivity contribution in [2.24, 2.45) is 0 Å². The van der Waals surface area contributed by atoms with Crippen LogP contribution in [0.1, 0.15) is 22.6 Å². The summed E-state index contributed by atoms with van der Waals surface area (Å²) in [5.74, 6) is 0.573. The summed E-state index contributed by atoms with van der Waals surface area (Å²) in [4.78, 5) is 8.35. The Morgan fingerprint density at radius 2 is 1.89 bits per heavy atom. The van der Waals surface area contributed by atoms with Gasteiger partial charge in [0, 0.05) is 5.69 Å². The number of aromatic nitrogens is 2. The Morgan fingerprint density at radius 1 is 1.17 bits per heavy atom. The number of halogens is 1. The van der Waals surface area contributed by atoms with Crippen LogP contribution in [-0.2, 0) is 0 Å². The van der Waals surface area contributed by atoms with Crippen molar-refractivity contribution in [1.82, 2.24) is 9.97 Å². The zero-order chi connectivity index (χ0) is 13.0. The summed E-state index contributed by atoms with van der Waals surface area (Å²) in [6, 6.07) is 11.1. The van der Waals surface area contributed by atoms with Crippen molar-refractivity contribution >= 4 is 23.8 Å². The first-order valence-electron chi connectivity index (χ1n) is 5.37. The molecule has 2 aromatic rings. The van der Waals surface area contributed by atoms with E-state index in [1.54, 1.807) is 24.3 Å². The van der Waals surface area contributed by atoms with Crippen LogP contribution < -0.4 is 0 Å². The van der Waals surface area contributed by atoms with E-state index in [1.165, 1.54) is 0 Å². The quantitative estimate of drug-likeness (QED) is 0.772. The highest BCUT2D eigenvalue weighted by Crippen LogP contribution is 2.10. The number of aryl methyl sites for hydroxylation is 1. The Balaban J connectivity index is 2.21. The molecule has 0 aliphatic rings. The van der Waals surface area contributed by atoms with Gasteiger partial charge in [0.05, 0.1) is 11.6 Å². The van der Waals surface area contributed by atoms with Gasteiger partial charge < -0.3 is 0 Å². The van der Waals surface area contributed by atoms with Gasteiger partial charge >= 0.3 is 0 Å². The van der Waals surface area contributed by atoms with Gasteiger partial charge in [-0.15, -0.1) is 0 Å². The Kier molecular flexibility index (Phi) is 3.71. The molecule has 0 aliphatic carbocycles. The molecule has 1 heterocycles. The molecule has 0 N–H and O–H groups in total. The first kappa shape index (κ1) is 12.3. The van der Waals surface area contributed by atoms with E-state index >= 15 is 0 Å². The molecule has 0 amide bonds. The van der Waals surface area contributed by atoms with Gasteiger partial charge in [-0.3, -0.25) is 0 Å². The molecule has 3 nitrogen and oxygen atoms in total. The Morgan fingerprint density at radius 3 is 2.50 bits per heavy atom. The fraction of sp³-hybridized carbons (Fsp3) is 0.0714. The van der Waals surface area contributed by atoms with E-state index in [9.17, 15) is 0 Å². The normalized spacial score (nSPS) is 10.5. The average Bonchev–Trinajstić information content (AvgIpc) is 2.36. The van der Waals surface area contributed by atoms with Crippen molar-refractivity contribution < 1.29 is 0 Å². The third-order valence-electron chi connectivity index (χ3n) is 2.30. The van der Waals surface area contributed by atoms with Crippen molar-refractivity contribution in [2.45, 2.75) is 6.92 Å². The fourth-order valence-corrected chi connectivity index (χ4v) is 1.71. The highest BCUT2D eigenvalue weighted by Gasteiger charge is 1.96. The molecule has 0 saturated heterocycles.